The molecular formula is C10H8ClN5O3S. The van der Waals surface area contributed by atoms with E-state index in [-0.39, 0.29) is 16.3 Å². The van der Waals surface area contributed by atoms with Crippen LogP contribution in [0.4, 0.5) is 16.5 Å². The highest BCUT2D eigenvalue weighted by molar-refractivity contribution is 7.15. The molecule has 1 amide bonds. The lowest BCUT2D eigenvalue weighted by atomic mass is 10.1. The van der Waals surface area contributed by atoms with Crippen LogP contribution in [0, 0.1) is 17.0 Å². The van der Waals surface area contributed by atoms with Gasteiger partial charge in [0.2, 0.25) is 5.13 Å². The van der Waals surface area contributed by atoms with Gasteiger partial charge in [0.05, 0.1) is 9.95 Å². The Balaban J connectivity index is 2.32. The van der Waals surface area contributed by atoms with Crippen LogP contribution in [0.15, 0.2) is 12.1 Å². The number of carbonyl (C=O) groups excluding carboxylic acids is 1. The van der Waals surface area contributed by atoms with Crippen LogP contribution in [0.3, 0.4) is 0 Å². The number of halogens is 1. The van der Waals surface area contributed by atoms with E-state index in [0.29, 0.717) is 10.1 Å². The molecule has 1 heterocycles. The molecule has 2 rings (SSSR count). The van der Waals surface area contributed by atoms with Crippen molar-refractivity contribution >= 4 is 45.4 Å². The molecule has 0 aliphatic carbocycles. The van der Waals surface area contributed by atoms with Gasteiger partial charge in [0.1, 0.15) is 10.7 Å². The number of nitrogens with two attached hydrogens (primary N) is 1. The van der Waals surface area contributed by atoms with Gasteiger partial charge in [-0.25, -0.2) is 0 Å². The summed E-state index contributed by atoms with van der Waals surface area (Å²) < 4.78 is 0. The molecule has 0 fully saturated rings. The summed E-state index contributed by atoms with van der Waals surface area (Å²) in [6.07, 6.45) is 0. The molecule has 0 aliphatic rings. The van der Waals surface area contributed by atoms with Gasteiger partial charge in [-0.15, -0.1) is 10.2 Å². The van der Waals surface area contributed by atoms with Crippen molar-refractivity contribution in [1.29, 1.82) is 0 Å². The van der Waals surface area contributed by atoms with E-state index in [0.717, 1.165) is 6.07 Å². The second kappa shape index (κ2) is 5.39. The Bertz CT molecular complexity index is 702. The third kappa shape index (κ3) is 2.83. The number of nitrogens with one attached hydrogen (secondary N) is 1. The van der Waals surface area contributed by atoms with Gasteiger partial charge in [0.15, 0.2) is 0 Å². The van der Waals surface area contributed by atoms with Crippen LogP contribution in [-0.2, 0) is 0 Å². The first-order valence-electron chi connectivity index (χ1n) is 5.23. The maximum Gasteiger partial charge on any atom is 0.294 e. The number of nitro groups is 1. The zero-order chi connectivity index (χ0) is 14.9. The standard InChI is InChI=1S/C10H8ClN5O3S/c1-4-14-15-10(20-4)13-9(17)5-2-6(11)8(12)7(3-5)16(18)19/h2-3H,12H2,1H3,(H,13,15,17). The van der Waals surface area contributed by atoms with Crippen molar-refractivity contribution in [2.75, 3.05) is 11.1 Å². The Labute approximate surface area is 121 Å². The Hall–Kier alpha value is -2.26. The van der Waals surface area contributed by atoms with E-state index < -0.39 is 16.5 Å². The van der Waals surface area contributed by atoms with Gasteiger partial charge in [0, 0.05) is 11.6 Å². The van der Waals surface area contributed by atoms with Crippen LogP contribution >= 0.6 is 22.9 Å². The normalized spacial score (nSPS) is 10.3. The number of rotatable bonds is 3. The summed E-state index contributed by atoms with van der Waals surface area (Å²) in [6.45, 7) is 1.73. The van der Waals surface area contributed by atoms with Crippen LogP contribution in [0.2, 0.25) is 5.02 Å². The molecule has 10 heteroatoms. The fraction of sp³-hybridized carbons (Fsp3) is 0.100. The highest BCUT2D eigenvalue weighted by Gasteiger charge is 2.20. The summed E-state index contributed by atoms with van der Waals surface area (Å²) in [4.78, 5) is 22.1. The van der Waals surface area contributed by atoms with Gasteiger partial charge in [0.25, 0.3) is 11.6 Å². The van der Waals surface area contributed by atoms with Crippen molar-refractivity contribution in [3.63, 3.8) is 0 Å². The van der Waals surface area contributed by atoms with Crippen LogP contribution in [0.1, 0.15) is 15.4 Å². The molecule has 8 nitrogen and oxygen atoms in total. The van der Waals surface area contributed by atoms with Crippen molar-refractivity contribution in [1.82, 2.24) is 10.2 Å². The largest absolute Gasteiger partial charge is 0.392 e. The van der Waals surface area contributed by atoms with Crippen LogP contribution in [0.25, 0.3) is 0 Å². The van der Waals surface area contributed by atoms with Crippen LogP contribution < -0.4 is 11.1 Å². The van der Waals surface area contributed by atoms with E-state index >= 15 is 0 Å². The fourth-order valence-electron chi connectivity index (χ4n) is 1.40. The van der Waals surface area contributed by atoms with E-state index in [4.69, 9.17) is 17.3 Å². The molecule has 0 atom stereocenters. The summed E-state index contributed by atoms with van der Waals surface area (Å²) in [5, 5.41) is 21.7. The van der Waals surface area contributed by atoms with Gasteiger partial charge in [-0.3, -0.25) is 20.2 Å². The highest BCUT2D eigenvalue weighted by Crippen LogP contribution is 2.31. The summed E-state index contributed by atoms with van der Waals surface area (Å²) in [7, 11) is 0. The Morgan fingerprint density at radius 2 is 2.20 bits per heavy atom. The first kappa shape index (κ1) is 14.2. The number of nitro benzene ring substituents is 1. The summed E-state index contributed by atoms with van der Waals surface area (Å²) in [5.41, 5.74) is 4.90. The van der Waals surface area contributed by atoms with Gasteiger partial charge in [-0.05, 0) is 13.0 Å². The average Bonchev–Trinajstić information content (AvgIpc) is 2.77. The molecule has 1 aromatic carbocycles. The number of aryl methyl sites for hydroxylation is 1. The van der Waals surface area contributed by atoms with E-state index in [1.807, 2.05) is 0 Å². The Morgan fingerprint density at radius 1 is 1.50 bits per heavy atom. The smallest absolute Gasteiger partial charge is 0.294 e. The molecule has 0 radical (unpaired) electrons. The van der Waals surface area contributed by atoms with Crippen LogP contribution in [-0.4, -0.2) is 21.0 Å². The minimum atomic E-state index is -0.701. The van der Waals surface area contributed by atoms with E-state index in [2.05, 4.69) is 15.5 Å². The van der Waals surface area contributed by atoms with Crippen molar-refractivity contribution < 1.29 is 9.72 Å². The van der Waals surface area contributed by atoms with E-state index in [1.165, 1.54) is 17.4 Å². The number of benzene rings is 1. The quantitative estimate of drug-likeness (QED) is 0.508. The SMILES string of the molecule is Cc1nnc(NC(=O)c2cc(Cl)c(N)c([N+](=O)[O-])c2)s1. The molecule has 0 saturated carbocycles. The zero-order valence-electron chi connectivity index (χ0n) is 10.1. The molecule has 3 N–H and O–H groups in total. The summed E-state index contributed by atoms with van der Waals surface area (Å²) in [6, 6.07) is 2.32. The lowest BCUT2D eigenvalue weighted by Crippen LogP contribution is -2.12. The first-order chi connectivity index (χ1) is 9.38. The van der Waals surface area contributed by atoms with Crippen molar-refractivity contribution in [3.8, 4) is 0 Å². The van der Waals surface area contributed by atoms with Crippen molar-refractivity contribution in [2.45, 2.75) is 6.92 Å². The lowest BCUT2D eigenvalue weighted by molar-refractivity contribution is -0.383. The number of nitrogens with zero attached hydrogens (tertiary/aromatic N) is 3. The molecule has 2 aromatic rings. The summed E-state index contributed by atoms with van der Waals surface area (Å²) >= 11 is 6.96. The first-order valence-corrected chi connectivity index (χ1v) is 6.43. The maximum absolute atomic E-state index is 12.0. The molecule has 104 valence electrons. The van der Waals surface area contributed by atoms with Crippen molar-refractivity contribution in [3.05, 3.63) is 37.8 Å². The van der Waals surface area contributed by atoms with Gasteiger partial charge in [-0.1, -0.05) is 22.9 Å². The second-order valence-electron chi connectivity index (χ2n) is 3.73. The van der Waals surface area contributed by atoms with Crippen molar-refractivity contribution in [2.24, 2.45) is 0 Å². The predicted octanol–water partition coefficient (Wildman–Crippen LogP) is 2.24. The molecule has 0 unspecified atom stereocenters. The number of anilines is 2. The molecule has 0 spiro atoms. The fourth-order valence-corrected chi connectivity index (χ4v) is 2.20. The molecule has 20 heavy (non-hydrogen) atoms. The number of aromatic nitrogens is 2. The molecule has 0 saturated heterocycles. The number of carbonyl (C=O) groups is 1. The molecule has 0 bridgehead atoms. The van der Waals surface area contributed by atoms with E-state index in [1.54, 1.807) is 6.92 Å². The van der Waals surface area contributed by atoms with E-state index in [9.17, 15) is 14.9 Å². The Kier molecular flexibility index (Phi) is 3.81. The topological polar surface area (TPSA) is 124 Å². The molecular weight excluding hydrogens is 306 g/mol. The van der Waals surface area contributed by atoms with Crippen LogP contribution in [0.5, 0.6) is 0 Å². The molecule has 1 aromatic heterocycles. The number of amides is 1. The van der Waals surface area contributed by atoms with Gasteiger partial charge in [-0.2, -0.15) is 0 Å². The number of hydrogen-bond acceptors (Lipinski definition) is 7. The predicted molar refractivity (Wildman–Crippen MR) is 75.1 cm³/mol. The van der Waals surface area contributed by atoms with Gasteiger partial charge < -0.3 is 5.73 Å². The minimum absolute atomic E-state index is 0.0174. The molecule has 0 aliphatic heterocycles. The average molecular weight is 314 g/mol. The zero-order valence-corrected chi connectivity index (χ0v) is 11.7. The lowest BCUT2D eigenvalue weighted by Gasteiger charge is -2.04. The highest BCUT2D eigenvalue weighted by atomic mass is 35.5. The Morgan fingerprint density at radius 3 is 2.75 bits per heavy atom. The second-order valence-corrected chi connectivity index (χ2v) is 5.32. The minimum Gasteiger partial charge on any atom is -0.392 e. The number of hydrogen-bond donors (Lipinski definition) is 2. The third-order valence-electron chi connectivity index (χ3n) is 2.31. The van der Waals surface area contributed by atoms with Gasteiger partial charge >= 0.3 is 0 Å². The third-order valence-corrected chi connectivity index (χ3v) is 3.38. The number of nitrogen functional groups attached to an aromatic ring is 1. The summed E-state index contributed by atoms with van der Waals surface area (Å²) in [5.74, 6) is -0.578. The monoisotopic (exact) mass is 313 g/mol. The maximum atomic E-state index is 12.0.